The molecule has 2 aromatic rings. The zero-order chi connectivity index (χ0) is 20.3. The number of aromatic nitrogens is 4. The summed E-state index contributed by atoms with van der Waals surface area (Å²) in [5.41, 5.74) is 7.50. The van der Waals surface area contributed by atoms with Gasteiger partial charge in [0.15, 0.2) is 19.1 Å². The van der Waals surface area contributed by atoms with Crippen molar-refractivity contribution in [2.45, 2.75) is 89.6 Å². The predicted octanol–water partition coefficient (Wildman–Crippen LogP) is 5.35. The summed E-state index contributed by atoms with van der Waals surface area (Å²) in [6.07, 6.45) is 9.36. The lowest BCUT2D eigenvalue weighted by atomic mass is 9.82. The van der Waals surface area contributed by atoms with Crippen LogP contribution in [0.5, 0.6) is 0 Å². The molecule has 2 fully saturated rings. The third-order valence-corrected chi connectivity index (χ3v) is 12.2. The Morgan fingerprint density at radius 2 is 2.00 bits per heavy atom. The monoisotopic (exact) mass is 421 g/mol. The van der Waals surface area contributed by atoms with Crippen molar-refractivity contribution >= 4 is 37.0 Å². The molecule has 0 unspecified atom stereocenters. The molecular formula is C20H32ClN5OSi. The van der Waals surface area contributed by atoms with Crippen LogP contribution in [0.1, 0.15) is 65.3 Å². The topological polar surface area (TPSA) is 78.8 Å². The number of fused-ring (bicyclic) bond motifs is 1. The second kappa shape index (κ2) is 6.67. The summed E-state index contributed by atoms with van der Waals surface area (Å²) in [5.74, 6) is 0.201. The predicted molar refractivity (Wildman–Crippen MR) is 116 cm³/mol. The standard InChI is InChI=1S/C20H32ClN5OSi/c1-19(2,3)28(4,5)27-14-7-6-9-20(14)10-8-13(11-20)26-12-23-15-16(21)24-18(22)25-17(15)26/h12-14H,6-11H2,1-5H3,(H2,22,24,25)/t13-,14-,20+/m0/s1. The summed E-state index contributed by atoms with van der Waals surface area (Å²) in [6.45, 7) is 11.7. The largest absolute Gasteiger partial charge is 0.413 e. The molecule has 0 radical (unpaired) electrons. The van der Waals surface area contributed by atoms with Crippen LogP contribution in [0, 0.1) is 5.41 Å². The van der Waals surface area contributed by atoms with E-state index in [4.69, 9.17) is 21.8 Å². The fourth-order valence-electron chi connectivity index (χ4n) is 4.87. The molecule has 4 rings (SSSR count). The molecule has 2 aliphatic carbocycles. The van der Waals surface area contributed by atoms with Crippen molar-refractivity contribution < 1.29 is 4.43 Å². The molecule has 0 amide bonds. The normalized spacial score (nSPS) is 28.6. The molecule has 2 aliphatic rings. The number of imidazole rings is 1. The van der Waals surface area contributed by atoms with Crippen molar-refractivity contribution in [3.63, 3.8) is 0 Å². The molecule has 2 N–H and O–H groups in total. The minimum Gasteiger partial charge on any atom is -0.413 e. The lowest BCUT2D eigenvalue weighted by molar-refractivity contribution is 0.0641. The fraction of sp³-hybridized carbons (Fsp3) is 0.750. The molecule has 154 valence electrons. The number of halogens is 1. The zero-order valence-electron chi connectivity index (χ0n) is 17.6. The minimum atomic E-state index is -1.78. The molecule has 0 aromatic carbocycles. The van der Waals surface area contributed by atoms with E-state index in [-0.39, 0.29) is 16.4 Å². The van der Waals surface area contributed by atoms with Crippen molar-refractivity contribution in [2.24, 2.45) is 5.41 Å². The number of rotatable bonds is 3. The number of hydrogen-bond acceptors (Lipinski definition) is 5. The van der Waals surface area contributed by atoms with Gasteiger partial charge in [-0.1, -0.05) is 38.8 Å². The van der Waals surface area contributed by atoms with Crippen LogP contribution in [0.15, 0.2) is 6.33 Å². The first kappa shape index (κ1) is 20.1. The molecule has 8 heteroatoms. The van der Waals surface area contributed by atoms with E-state index in [1.165, 1.54) is 25.7 Å². The third kappa shape index (κ3) is 3.25. The van der Waals surface area contributed by atoms with Gasteiger partial charge in [0.25, 0.3) is 0 Å². The van der Waals surface area contributed by atoms with Gasteiger partial charge in [-0.25, -0.2) is 4.98 Å². The average Bonchev–Trinajstić information content (AvgIpc) is 3.26. The SMILES string of the molecule is CC(C)(C)[Si](C)(C)O[C@H]1CCC[C@]12CC[C@H](n1cnc3c(Cl)nc(N)nc31)C2. The summed E-state index contributed by atoms with van der Waals surface area (Å²) >= 11 is 6.22. The maximum Gasteiger partial charge on any atom is 0.223 e. The van der Waals surface area contributed by atoms with Crippen LogP contribution in [0.2, 0.25) is 23.3 Å². The van der Waals surface area contributed by atoms with Crippen molar-refractivity contribution in [3.05, 3.63) is 11.5 Å². The van der Waals surface area contributed by atoms with Crippen LogP contribution in [-0.4, -0.2) is 33.9 Å². The van der Waals surface area contributed by atoms with E-state index < -0.39 is 8.32 Å². The summed E-state index contributed by atoms with van der Waals surface area (Å²) in [7, 11) is -1.78. The van der Waals surface area contributed by atoms with E-state index >= 15 is 0 Å². The molecular weight excluding hydrogens is 390 g/mol. The van der Waals surface area contributed by atoms with Gasteiger partial charge in [0.2, 0.25) is 5.95 Å². The number of anilines is 1. The number of nitrogens with two attached hydrogens (primary N) is 1. The molecule has 1 spiro atoms. The minimum absolute atomic E-state index is 0.201. The fourth-order valence-corrected chi connectivity index (χ4v) is 6.53. The number of nitrogen functional groups attached to an aromatic ring is 1. The second-order valence-corrected chi connectivity index (χ2v) is 15.3. The van der Waals surface area contributed by atoms with Gasteiger partial charge in [-0.3, -0.25) is 0 Å². The van der Waals surface area contributed by atoms with Gasteiger partial charge in [-0.2, -0.15) is 9.97 Å². The molecule has 2 heterocycles. The van der Waals surface area contributed by atoms with E-state index in [1.807, 2.05) is 6.33 Å². The lowest BCUT2D eigenvalue weighted by Crippen LogP contribution is -2.47. The summed E-state index contributed by atoms with van der Waals surface area (Å²) in [6, 6.07) is 0.360. The van der Waals surface area contributed by atoms with Crippen LogP contribution in [-0.2, 0) is 4.43 Å². The Morgan fingerprint density at radius 1 is 1.25 bits per heavy atom. The summed E-state index contributed by atoms with van der Waals surface area (Å²) in [5, 5.41) is 0.564. The third-order valence-electron chi connectivity index (χ3n) is 7.47. The first-order valence-electron chi connectivity index (χ1n) is 10.4. The molecule has 3 atom stereocenters. The Balaban J connectivity index is 1.59. The van der Waals surface area contributed by atoms with Crippen molar-refractivity contribution in [2.75, 3.05) is 5.73 Å². The van der Waals surface area contributed by atoms with Crippen molar-refractivity contribution in [1.82, 2.24) is 19.5 Å². The lowest BCUT2D eigenvalue weighted by Gasteiger charge is -2.43. The Morgan fingerprint density at radius 3 is 2.71 bits per heavy atom. The first-order valence-corrected chi connectivity index (χ1v) is 13.6. The first-order chi connectivity index (χ1) is 13.0. The molecule has 28 heavy (non-hydrogen) atoms. The Kier molecular flexibility index (Phi) is 4.79. The van der Waals surface area contributed by atoms with E-state index in [0.29, 0.717) is 22.8 Å². The Labute approximate surface area is 173 Å². The van der Waals surface area contributed by atoms with Gasteiger partial charge < -0.3 is 14.7 Å². The Bertz CT molecular complexity index is 893. The van der Waals surface area contributed by atoms with Crippen LogP contribution in [0.25, 0.3) is 11.2 Å². The molecule has 0 aliphatic heterocycles. The van der Waals surface area contributed by atoms with E-state index in [0.717, 1.165) is 18.5 Å². The van der Waals surface area contributed by atoms with E-state index in [1.54, 1.807) is 0 Å². The molecule has 6 nitrogen and oxygen atoms in total. The Hall–Kier alpha value is -1.18. The van der Waals surface area contributed by atoms with Gasteiger partial charge in [-0.15, -0.1) is 0 Å². The zero-order valence-corrected chi connectivity index (χ0v) is 19.4. The highest BCUT2D eigenvalue weighted by molar-refractivity contribution is 6.74. The maximum absolute atomic E-state index is 6.94. The van der Waals surface area contributed by atoms with Crippen LogP contribution in [0.3, 0.4) is 0 Å². The van der Waals surface area contributed by atoms with Crippen LogP contribution < -0.4 is 5.73 Å². The summed E-state index contributed by atoms with van der Waals surface area (Å²) < 4.78 is 9.10. The second-order valence-electron chi connectivity index (χ2n) is 10.2. The number of hydrogen-bond donors (Lipinski definition) is 1. The van der Waals surface area contributed by atoms with E-state index in [2.05, 4.69) is 53.4 Å². The van der Waals surface area contributed by atoms with Gasteiger partial charge >= 0.3 is 0 Å². The molecule has 0 saturated heterocycles. The highest BCUT2D eigenvalue weighted by atomic mass is 35.5. The average molecular weight is 422 g/mol. The van der Waals surface area contributed by atoms with E-state index in [9.17, 15) is 0 Å². The van der Waals surface area contributed by atoms with Gasteiger partial charge in [0.1, 0.15) is 5.52 Å². The molecule has 0 bridgehead atoms. The number of nitrogens with zero attached hydrogens (tertiary/aromatic N) is 4. The summed E-state index contributed by atoms with van der Waals surface area (Å²) in [4.78, 5) is 12.9. The highest BCUT2D eigenvalue weighted by Crippen LogP contribution is 2.57. The van der Waals surface area contributed by atoms with Crippen molar-refractivity contribution in [1.29, 1.82) is 0 Å². The van der Waals surface area contributed by atoms with Crippen LogP contribution in [0.4, 0.5) is 5.95 Å². The maximum atomic E-state index is 6.94. The van der Waals surface area contributed by atoms with Crippen LogP contribution >= 0.6 is 11.6 Å². The van der Waals surface area contributed by atoms with Crippen molar-refractivity contribution in [3.8, 4) is 0 Å². The van der Waals surface area contributed by atoms with Gasteiger partial charge in [0.05, 0.1) is 12.4 Å². The highest BCUT2D eigenvalue weighted by Gasteiger charge is 2.52. The molecule has 2 saturated carbocycles. The quantitative estimate of drug-likeness (QED) is 0.533. The smallest absolute Gasteiger partial charge is 0.223 e. The van der Waals surface area contributed by atoms with Gasteiger partial charge in [0, 0.05) is 6.04 Å². The van der Waals surface area contributed by atoms with Gasteiger partial charge in [-0.05, 0) is 55.7 Å². The molecule has 2 aromatic heterocycles.